The van der Waals surface area contributed by atoms with Crippen LogP contribution in [0.5, 0.6) is 5.75 Å². The Kier molecular flexibility index (Phi) is 5.25. The molecule has 3 unspecified atom stereocenters. The molecule has 118 valence electrons. The first-order chi connectivity index (χ1) is 9.95. The predicted molar refractivity (Wildman–Crippen MR) is 83.4 cm³/mol. The van der Waals surface area contributed by atoms with Crippen LogP contribution in [0.1, 0.15) is 31.2 Å². The number of nitrogens with zero attached hydrogens (tertiary/aromatic N) is 1. The van der Waals surface area contributed by atoms with E-state index in [1.165, 1.54) is 0 Å². The number of rotatable bonds is 5. The van der Waals surface area contributed by atoms with Gasteiger partial charge in [-0.2, -0.15) is 0 Å². The molecule has 2 N–H and O–H groups in total. The standard InChI is InChI=1S/C17H27NO3/c1-18(2)10-9-13-7-8-15(19)12-17(13,20)14-5-4-6-16(11-14)21-3/h4-6,11,13,15,19-20H,7-10,12H2,1-3H3. The summed E-state index contributed by atoms with van der Waals surface area (Å²) in [4.78, 5) is 2.14. The molecule has 1 saturated carbocycles. The molecule has 1 aromatic carbocycles. The Morgan fingerprint density at radius 3 is 2.76 bits per heavy atom. The van der Waals surface area contributed by atoms with Crippen LogP contribution in [-0.4, -0.2) is 49.0 Å². The maximum absolute atomic E-state index is 11.3. The van der Waals surface area contributed by atoms with E-state index < -0.39 is 11.7 Å². The fraction of sp³-hybridized carbons (Fsp3) is 0.647. The smallest absolute Gasteiger partial charge is 0.119 e. The number of aliphatic hydroxyl groups excluding tert-OH is 1. The molecule has 21 heavy (non-hydrogen) atoms. The summed E-state index contributed by atoms with van der Waals surface area (Å²) in [7, 11) is 5.72. The molecule has 1 aliphatic rings. The zero-order valence-corrected chi connectivity index (χ0v) is 13.2. The van der Waals surface area contributed by atoms with Crippen molar-refractivity contribution < 1.29 is 14.9 Å². The van der Waals surface area contributed by atoms with E-state index in [0.29, 0.717) is 6.42 Å². The van der Waals surface area contributed by atoms with Crippen molar-refractivity contribution in [2.45, 2.75) is 37.4 Å². The van der Waals surface area contributed by atoms with Gasteiger partial charge in [-0.3, -0.25) is 0 Å². The van der Waals surface area contributed by atoms with Gasteiger partial charge in [0.15, 0.2) is 0 Å². The highest BCUT2D eigenvalue weighted by Crippen LogP contribution is 2.44. The maximum Gasteiger partial charge on any atom is 0.119 e. The van der Waals surface area contributed by atoms with Crippen molar-refractivity contribution in [3.8, 4) is 5.75 Å². The minimum absolute atomic E-state index is 0.162. The summed E-state index contributed by atoms with van der Waals surface area (Å²) < 4.78 is 5.27. The second-order valence-corrected chi connectivity index (χ2v) is 6.38. The van der Waals surface area contributed by atoms with Gasteiger partial charge in [0.05, 0.1) is 18.8 Å². The Balaban J connectivity index is 2.27. The molecule has 1 aliphatic carbocycles. The Hall–Kier alpha value is -1.10. The second kappa shape index (κ2) is 6.77. The van der Waals surface area contributed by atoms with Crippen LogP contribution in [0.15, 0.2) is 24.3 Å². The Morgan fingerprint density at radius 2 is 2.10 bits per heavy atom. The van der Waals surface area contributed by atoms with E-state index in [2.05, 4.69) is 4.90 Å². The lowest BCUT2D eigenvalue weighted by molar-refractivity contribution is -0.0974. The van der Waals surface area contributed by atoms with Gasteiger partial charge in [0.1, 0.15) is 5.75 Å². The summed E-state index contributed by atoms with van der Waals surface area (Å²) >= 11 is 0. The summed E-state index contributed by atoms with van der Waals surface area (Å²) in [6.45, 7) is 0.938. The fourth-order valence-corrected chi connectivity index (χ4v) is 3.30. The molecule has 0 heterocycles. The molecule has 2 rings (SSSR count). The van der Waals surface area contributed by atoms with Crippen LogP contribution in [0, 0.1) is 5.92 Å². The van der Waals surface area contributed by atoms with E-state index in [1.807, 2.05) is 38.4 Å². The second-order valence-electron chi connectivity index (χ2n) is 6.38. The van der Waals surface area contributed by atoms with E-state index in [9.17, 15) is 10.2 Å². The summed E-state index contributed by atoms with van der Waals surface area (Å²) in [5.74, 6) is 0.905. The minimum atomic E-state index is -0.970. The highest BCUT2D eigenvalue weighted by molar-refractivity contribution is 5.33. The van der Waals surface area contributed by atoms with Gasteiger partial charge in [-0.1, -0.05) is 12.1 Å². The molecule has 3 atom stereocenters. The van der Waals surface area contributed by atoms with Crippen molar-refractivity contribution in [2.24, 2.45) is 5.92 Å². The normalized spacial score (nSPS) is 29.6. The largest absolute Gasteiger partial charge is 0.497 e. The van der Waals surface area contributed by atoms with E-state index in [-0.39, 0.29) is 5.92 Å². The first-order valence-electron chi connectivity index (χ1n) is 7.65. The van der Waals surface area contributed by atoms with Crippen molar-refractivity contribution in [1.29, 1.82) is 0 Å². The van der Waals surface area contributed by atoms with Gasteiger partial charge in [-0.05, 0) is 63.5 Å². The fourth-order valence-electron chi connectivity index (χ4n) is 3.30. The molecule has 0 bridgehead atoms. The molecule has 1 fully saturated rings. The monoisotopic (exact) mass is 293 g/mol. The first kappa shape index (κ1) is 16.3. The van der Waals surface area contributed by atoms with Gasteiger partial charge in [0.25, 0.3) is 0 Å². The highest BCUT2D eigenvalue weighted by atomic mass is 16.5. The van der Waals surface area contributed by atoms with E-state index in [1.54, 1.807) is 7.11 Å². The third-order valence-electron chi connectivity index (χ3n) is 4.56. The van der Waals surface area contributed by atoms with Crippen molar-refractivity contribution in [2.75, 3.05) is 27.7 Å². The van der Waals surface area contributed by atoms with E-state index >= 15 is 0 Å². The molecule has 4 heteroatoms. The van der Waals surface area contributed by atoms with Crippen molar-refractivity contribution in [3.05, 3.63) is 29.8 Å². The zero-order chi connectivity index (χ0) is 15.5. The van der Waals surface area contributed by atoms with Crippen LogP contribution < -0.4 is 4.74 Å². The minimum Gasteiger partial charge on any atom is -0.497 e. The summed E-state index contributed by atoms with van der Waals surface area (Å²) in [6, 6.07) is 7.60. The molecule has 0 radical (unpaired) electrons. The van der Waals surface area contributed by atoms with Crippen molar-refractivity contribution >= 4 is 0 Å². The van der Waals surface area contributed by atoms with E-state index in [4.69, 9.17) is 4.74 Å². The zero-order valence-electron chi connectivity index (χ0n) is 13.2. The Labute approximate surface area is 127 Å². The third-order valence-corrected chi connectivity index (χ3v) is 4.56. The number of aliphatic hydroxyl groups is 2. The average Bonchev–Trinajstić information content (AvgIpc) is 2.46. The van der Waals surface area contributed by atoms with Crippen LogP contribution in [0.4, 0.5) is 0 Å². The molecular formula is C17H27NO3. The van der Waals surface area contributed by atoms with Gasteiger partial charge in [-0.15, -0.1) is 0 Å². The summed E-state index contributed by atoms with van der Waals surface area (Å²) in [6.07, 6.45) is 2.51. The van der Waals surface area contributed by atoms with Crippen LogP contribution in [0.3, 0.4) is 0 Å². The number of hydrogen-bond acceptors (Lipinski definition) is 4. The SMILES string of the molecule is COc1cccc(C2(O)CC(O)CCC2CCN(C)C)c1. The van der Waals surface area contributed by atoms with Gasteiger partial charge in [0.2, 0.25) is 0 Å². The quantitative estimate of drug-likeness (QED) is 0.872. The predicted octanol–water partition coefficient (Wildman–Crippen LogP) is 2.00. The van der Waals surface area contributed by atoms with Crippen molar-refractivity contribution in [3.63, 3.8) is 0 Å². The molecule has 4 nitrogen and oxygen atoms in total. The molecule has 0 amide bonds. The number of benzene rings is 1. The topological polar surface area (TPSA) is 52.9 Å². The maximum atomic E-state index is 11.3. The molecule has 0 aliphatic heterocycles. The molecule has 1 aromatic rings. The summed E-state index contributed by atoms with van der Waals surface area (Å²) in [5.41, 5.74) is -0.119. The number of ether oxygens (including phenoxy) is 1. The van der Waals surface area contributed by atoms with Crippen molar-refractivity contribution in [1.82, 2.24) is 4.90 Å². The van der Waals surface area contributed by atoms with Gasteiger partial charge in [0, 0.05) is 6.42 Å². The Bertz CT molecular complexity index is 463. The lowest BCUT2D eigenvalue weighted by atomic mass is 9.69. The van der Waals surface area contributed by atoms with Crippen LogP contribution in [-0.2, 0) is 5.60 Å². The van der Waals surface area contributed by atoms with Crippen LogP contribution in [0.2, 0.25) is 0 Å². The lowest BCUT2D eigenvalue weighted by Gasteiger charge is -2.43. The third kappa shape index (κ3) is 3.76. The van der Waals surface area contributed by atoms with Gasteiger partial charge >= 0.3 is 0 Å². The van der Waals surface area contributed by atoms with Gasteiger partial charge < -0.3 is 19.8 Å². The Morgan fingerprint density at radius 1 is 1.33 bits per heavy atom. The first-order valence-corrected chi connectivity index (χ1v) is 7.65. The average molecular weight is 293 g/mol. The molecule has 0 spiro atoms. The number of hydrogen-bond donors (Lipinski definition) is 2. The van der Waals surface area contributed by atoms with Crippen LogP contribution >= 0.6 is 0 Å². The molecular weight excluding hydrogens is 266 g/mol. The highest BCUT2D eigenvalue weighted by Gasteiger charge is 2.43. The van der Waals surface area contributed by atoms with Crippen LogP contribution in [0.25, 0.3) is 0 Å². The molecule has 0 aromatic heterocycles. The van der Waals surface area contributed by atoms with E-state index in [0.717, 1.165) is 37.1 Å². The molecule has 0 saturated heterocycles. The summed E-state index contributed by atoms with van der Waals surface area (Å²) in [5, 5.41) is 21.3. The number of methoxy groups -OCH3 is 1. The lowest BCUT2D eigenvalue weighted by Crippen LogP contribution is -2.43. The van der Waals surface area contributed by atoms with Gasteiger partial charge in [-0.25, -0.2) is 0 Å².